The van der Waals surface area contributed by atoms with Crippen LogP contribution in [0.25, 0.3) is 0 Å². The number of carboxylic acids is 1. The second kappa shape index (κ2) is 4.51. The standard InChI is InChI=1S/C10H16N2O4/c1-7(13)12(2)6-8(14)11-10(9(15)16)4-3-5-10/h3-6H2,1-2H3,(H,11,14)(H,15,16). The highest BCUT2D eigenvalue weighted by atomic mass is 16.4. The molecule has 1 rings (SSSR count). The summed E-state index contributed by atoms with van der Waals surface area (Å²) in [5.41, 5.74) is -1.10. The van der Waals surface area contributed by atoms with E-state index in [1.165, 1.54) is 18.9 Å². The summed E-state index contributed by atoms with van der Waals surface area (Å²) in [4.78, 5) is 34.6. The monoisotopic (exact) mass is 228 g/mol. The highest BCUT2D eigenvalue weighted by Gasteiger charge is 2.45. The molecule has 1 saturated carbocycles. The average Bonchev–Trinajstić information content (AvgIpc) is 2.10. The van der Waals surface area contributed by atoms with Crippen LogP contribution in [0.4, 0.5) is 0 Å². The van der Waals surface area contributed by atoms with Gasteiger partial charge in [-0.1, -0.05) is 0 Å². The van der Waals surface area contributed by atoms with Gasteiger partial charge < -0.3 is 15.3 Å². The van der Waals surface area contributed by atoms with Gasteiger partial charge in [-0.25, -0.2) is 4.79 Å². The largest absolute Gasteiger partial charge is 0.480 e. The van der Waals surface area contributed by atoms with Crippen molar-refractivity contribution in [2.75, 3.05) is 13.6 Å². The Morgan fingerprint density at radius 2 is 1.94 bits per heavy atom. The predicted molar refractivity (Wildman–Crippen MR) is 55.7 cm³/mol. The average molecular weight is 228 g/mol. The number of carboxylic acid groups (broad SMARTS) is 1. The van der Waals surface area contributed by atoms with Gasteiger partial charge in [-0.2, -0.15) is 0 Å². The SMILES string of the molecule is CC(=O)N(C)CC(=O)NC1(C(=O)O)CCC1. The van der Waals surface area contributed by atoms with Gasteiger partial charge in [0.1, 0.15) is 5.54 Å². The van der Waals surface area contributed by atoms with E-state index in [2.05, 4.69) is 5.32 Å². The maximum atomic E-state index is 11.5. The first kappa shape index (κ1) is 12.5. The Labute approximate surface area is 93.6 Å². The lowest BCUT2D eigenvalue weighted by Gasteiger charge is -2.38. The molecule has 0 aromatic heterocycles. The van der Waals surface area contributed by atoms with Crippen molar-refractivity contribution in [3.05, 3.63) is 0 Å². The molecule has 0 aliphatic heterocycles. The van der Waals surface area contributed by atoms with Gasteiger partial charge in [-0.05, 0) is 19.3 Å². The highest BCUT2D eigenvalue weighted by molar-refractivity contribution is 5.90. The minimum atomic E-state index is -1.10. The number of carbonyl (C=O) groups is 3. The van der Waals surface area contributed by atoms with Crippen molar-refractivity contribution in [3.63, 3.8) is 0 Å². The third-order valence-corrected chi connectivity index (χ3v) is 2.91. The number of nitrogens with zero attached hydrogens (tertiary/aromatic N) is 1. The highest BCUT2D eigenvalue weighted by Crippen LogP contribution is 2.31. The van der Waals surface area contributed by atoms with Crippen molar-refractivity contribution >= 4 is 17.8 Å². The van der Waals surface area contributed by atoms with E-state index in [-0.39, 0.29) is 12.5 Å². The van der Waals surface area contributed by atoms with Crippen LogP contribution in [0.2, 0.25) is 0 Å². The summed E-state index contributed by atoms with van der Waals surface area (Å²) in [6, 6.07) is 0. The Hall–Kier alpha value is -1.59. The Balaban J connectivity index is 2.51. The maximum Gasteiger partial charge on any atom is 0.329 e. The second-order valence-electron chi connectivity index (χ2n) is 4.16. The Morgan fingerprint density at radius 1 is 1.38 bits per heavy atom. The topological polar surface area (TPSA) is 86.7 Å². The minimum absolute atomic E-state index is 0.107. The molecule has 0 heterocycles. The van der Waals surface area contributed by atoms with E-state index >= 15 is 0 Å². The number of hydrogen-bond acceptors (Lipinski definition) is 3. The van der Waals surface area contributed by atoms with E-state index in [0.29, 0.717) is 12.8 Å². The number of nitrogens with one attached hydrogen (secondary N) is 1. The third-order valence-electron chi connectivity index (χ3n) is 2.91. The van der Waals surface area contributed by atoms with Crippen LogP contribution in [-0.4, -0.2) is 46.9 Å². The van der Waals surface area contributed by atoms with E-state index < -0.39 is 17.4 Å². The molecule has 0 spiro atoms. The lowest BCUT2D eigenvalue weighted by atomic mass is 9.77. The number of amides is 2. The van der Waals surface area contributed by atoms with Crippen LogP contribution < -0.4 is 5.32 Å². The smallest absolute Gasteiger partial charge is 0.329 e. The molecule has 90 valence electrons. The number of rotatable bonds is 4. The third kappa shape index (κ3) is 2.50. The van der Waals surface area contributed by atoms with Crippen molar-refractivity contribution in [1.82, 2.24) is 10.2 Å². The zero-order valence-electron chi connectivity index (χ0n) is 9.45. The van der Waals surface area contributed by atoms with E-state index in [1.807, 2.05) is 0 Å². The van der Waals surface area contributed by atoms with Crippen LogP contribution in [0.15, 0.2) is 0 Å². The van der Waals surface area contributed by atoms with E-state index in [0.717, 1.165) is 6.42 Å². The van der Waals surface area contributed by atoms with Crippen LogP contribution >= 0.6 is 0 Å². The van der Waals surface area contributed by atoms with E-state index in [1.54, 1.807) is 0 Å². The molecule has 0 atom stereocenters. The molecular weight excluding hydrogens is 212 g/mol. The van der Waals surface area contributed by atoms with Crippen LogP contribution in [0, 0.1) is 0 Å². The molecule has 0 aromatic carbocycles. The number of aliphatic carboxylic acids is 1. The van der Waals surface area contributed by atoms with E-state index in [9.17, 15) is 14.4 Å². The molecule has 0 aromatic rings. The fourth-order valence-electron chi connectivity index (χ4n) is 1.56. The molecule has 1 aliphatic carbocycles. The molecule has 1 aliphatic rings. The fraction of sp³-hybridized carbons (Fsp3) is 0.700. The van der Waals surface area contributed by atoms with Gasteiger partial charge in [-0.3, -0.25) is 9.59 Å². The van der Waals surface area contributed by atoms with Crippen molar-refractivity contribution in [1.29, 1.82) is 0 Å². The number of hydrogen-bond donors (Lipinski definition) is 2. The molecule has 0 unspecified atom stereocenters. The van der Waals surface area contributed by atoms with Gasteiger partial charge >= 0.3 is 5.97 Å². The molecule has 16 heavy (non-hydrogen) atoms. The van der Waals surface area contributed by atoms with Gasteiger partial charge in [0.15, 0.2) is 0 Å². The molecule has 2 N–H and O–H groups in total. The van der Waals surface area contributed by atoms with Crippen LogP contribution in [-0.2, 0) is 14.4 Å². The Morgan fingerprint density at radius 3 is 2.25 bits per heavy atom. The summed E-state index contributed by atoms with van der Waals surface area (Å²) in [6.07, 6.45) is 1.71. The van der Waals surface area contributed by atoms with Crippen LogP contribution in [0.3, 0.4) is 0 Å². The molecule has 6 heteroatoms. The van der Waals surface area contributed by atoms with Crippen LogP contribution in [0.1, 0.15) is 26.2 Å². The molecule has 0 saturated heterocycles. The summed E-state index contributed by atoms with van der Waals surface area (Å²) >= 11 is 0. The van der Waals surface area contributed by atoms with Gasteiger partial charge in [0.25, 0.3) is 0 Å². The van der Waals surface area contributed by atoms with Gasteiger partial charge in [0.05, 0.1) is 6.54 Å². The molecule has 2 amide bonds. The second-order valence-corrected chi connectivity index (χ2v) is 4.16. The fourth-order valence-corrected chi connectivity index (χ4v) is 1.56. The van der Waals surface area contributed by atoms with Gasteiger partial charge in [0, 0.05) is 14.0 Å². The van der Waals surface area contributed by atoms with Crippen LogP contribution in [0.5, 0.6) is 0 Å². The van der Waals surface area contributed by atoms with Crippen molar-refractivity contribution in [2.24, 2.45) is 0 Å². The summed E-state index contributed by atoms with van der Waals surface area (Å²) in [6.45, 7) is 1.24. The summed E-state index contributed by atoms with van der Waals surface area (Å²) in [5.74, 6) is -1.66. The van der Waals surface area contributed by atoms with Gasteiger partial charge in [0.2, 0.25) is 11.8 Å². The zero-order chi connectivity index (χ0) is 12.3. The first-order valence-corrected chi connectivity index (χ1v) is 5.13. The predicted octanol–water partition coefficient (Wildman–Crippen LogP) is -0.412. The number of likely N-dealkylation sites (N-methyl/N-ethyl adjacent to an activating group) is 1. The van der Waals surface area contributed by atoms with Crippen molar-refractivity contribution < 1.29 is 19.5 Å². The first-order chi connectivity index (χ1) is 7.37. The number of carbonyl (C=O) groups excluding carboxylic acids is 2. The molecule has 6 nitrogen and oxygen atoms in total. The summed E-state index contributed by atoms with van der Waals surface area (Å²) < 4.78 is 0. The first-order valence-electron chi connectivity index (χ1n) is 5.13. The lowest BCUT2D eigenvalue weighted by Crippen LogP contribution is -2.60. The zero-order valence-corrected chi connectivity index (χ0v) is 9.45. The molecule has 0 bridgehead atoms. The Kier molecular flexibility index (Phi) is 3.51. The Bertz CT molecular complexity index is 323. The van der Waals surface area contributed by atoms with E-state index in [4.69, 9.17) is 5.11 Å². The normalized spacial score (nSPS) is 17.1. The summed E-state index contributed by atoms with van der Waals surface area (Å²) in [5, 5.41) is 11.5. The quantitative estimate of drug-likeness (QED) is 0.684. The molecule has 1 fully saturated rings. The minimum Gasteiger partial charge on any atom is -0.480 e. The van der Waals surface area contributed by atoms with Gasteiger partial charge in [-0.15, -0.1) is 0 Å². The lowest BCUT2D eigenvalue weighted by molar-refractivity contribution is -0.152. The van der Waals surface area contributed by atoms with Crippen molar-refractivity contribution in [3.8, 4) is 0 Å². The summed E-state index contributed by atoms with van der Waals surface area (Å²) in [7, 11) is 1.50. The molecule has 0 radical (unpaired) electrons. The van der Waals surface area contributed by atoms with Crippen molar-refractivity contribution in [2.45, 2.75) is 31.7 Å². The molecular formula is C10H16N2O4. The maximum absolute atomic E-state index is 11.5.